The van der Waals surface area contributed by atoms with Crippen molar-refractivity contribution >= 4 is 18.0 Å². The van der Waals surface area contributed by atoms with Gasteiger partial charge < -0.3 is 9.77 Å². The highest BCUT2D eigenvalue weighted by Crippen LogP contribution is 2.34. The maximum atomic E-state index is 13.3. The second kappa shape index (κ2) is 6.26. The Morgan fingerprint density at radius 1 is 1.29 bits per heavy atom. The summed E-state index contributed by atoms with van der Waals surface area (Å²) in [5.41, 5.74) is 0.780. The fraction of sp³-hybridized carbons (Fsp3) is 0.286. The van der Waals surface area contributed by atoms with Crippen molar-refractivity contribution in [2.45, 2.75) is 29.7 Å². The van der Waals surface area contributed by atoms with Gasteiger partial charge >= 0.3 is 0 Å². The Hall–Kier alpha value is -1.89. The maximum Gasteiger partial charge on any atom is 0.155 e. The Bertz CT molecular complexity index is 663. The van der Waals surface area contributed by atoms with Crippen molar-refractivity contribution in [1.29, 1.82) is 0 Å². The largest absolute Gasteiger partial charge is 0.411 e. The molecule has 7 heteroatoms. The minimum absolute atomic E-state index is 0.123. The standard InChI is InChI=1S/C14H15F2N3OS/c1-8(2)13-14(19(3)12(18-13)7-17-20)21-11-5-9(15)4-10(16)6-11/h4-8,20H,1-3H3. The van der Waals surface area contributed by atoms with E-state index in [4.69, 9.17) is 5.21 Å². The topological polar surface area (TPSA) is 50.4 Å². The van der Waals surface area contributed by atoms with Gasteiger partial charge in [-0.3, -0.25) is 0 Å². The fourth-order valence-electron chi connectivity index (χ4n) is 1.89. The molecule has 0 amide bonds. The highest BCUT2D eigenvalue weighted by atomic mass is 32.2. The molecule has 4 nitrogen and oxygen atoms in total. The molecule has 1 N–H and O–H groups in total. The number of imidazole rings is 1. The first kappa shape index (κ1) is 15.5. The van der Waals surface area contributed by atoms with Crippen LogP contribution < -0.4 is 0 Å². The maximum absolute atomic E-state index is 13.3. The van der Waals surface area contributed by atoms with E-state index in [1.807, 2.05) is 13.8 Å². The van der Waals surface area contributed by atoms with Crippen LogP contribution in [0.3, 0.4) is 0 Å². The van der Waals surface area contributed by atoms with Crippen molar-refractivity contribution in [1.82, 2.24) is 9.55 Å². The van der Waals surface area contributed by atoms with Gasteiger partial charge in [0, 0.05) is 18.0 Å². The Labute approximate surface area is 125 Å². The molecule has 0 spiro atoms. The monoisotopic (exact) mass is 311 g/mol. The van der Waals surface area contributed by atoms with E-state index in [-0.39, 0.29) is 5.92 Å². The molecule has 0 radical (unpaired) electrons. The lowest BCUT2D eigenvalue weighted by Gasteiger charge is -2.08. The summed E-state index contributed by atoms with van der Waals surface area (Å²) in [6.07, 6.45) is 1.22. The summed E-state index contributed by atoms with van der Waals surface area (Å²) >= 11 is 1.22. The molecule has 0 atom stereocenters. The number of oxime groups is 1. The summed E-state index contributed by atoms with van der Waals surface area (Å²) in [5.74, 6) is -0.649. The first-order valence-electron chi connectivity index (χ1n) is 6.30. The molecule has 2 rings (SSSR count). The van der Waals surface area contributed by atoms with Gasteiger partial charge in [0.05, 0.1) is 5.69 Å². The lowest BCUT2D eigenvalue weighted by Crippen LogP contribution is -1.98. The minimum Gasteiger partial charge on any atom is -0.411 e. The van der Waals surface area contributed by atoms with Gasteiger partial charge in [0.25, 0.3) is 0 Å². The SMILES string of the molecule is CC(C)c1nc(C=NO)n(C)c1Sc1cc(F)cc(F)c1. The molecule has 0 saturated heterocycles. The van der Waals surface area contributed by atoms with Crippen LogP contribution in [0.4, 0.5) is 8.78 Å². The molecule has 0 fully saturated rings. The van der Waals surface area contributed by atoms with Gasteiger partial charge in [-0.1, -0.05) is 30.8 Å². The van der Waals surface area contributed by atoms with Crippen LogP contribution in [0, 0.1) is 11.6 Å². The van der Waals surface area contributed by atoms with Crippen LogP contribution in [0.25, 0.3) is 0 Å². The number of hydrogen-bond donors (Lipinski definition) is 1. The second-order valence-electron chi connectivity index (χ2n) is 4.83. The molecule has 1 aromatic heterocycles. The van der Waals surface area contributed by atoms with E-state index in [0.717, 1.165) is 16.8 Å². The van der Waals surface area contributed by atoms with E-state index in [1.54, 1.807) is 11.6 Å². The molecule has 2 aromatic rings. The predicted molar refractivity (Wildman–Crippen MR) is 77.2 cm³/mol. The van der Waals surface area contributed by atoms with Crippen LogP contribution >= 0.6 is 11.8 Å². The van der Waals surface area contributed by atoms with Crippen molar-refractivity contribution in [3.05, 3.63) is 41.4 Å². The van der Waals surface area contributed by atoms with Gasteiger partial charge in [-0.15, -0.1) is 0 Å². The van der Waals surface area contributed by atoms with Gasteiger partial charge in [0.1, 0.15) is 22.9 Å². The summed E-state index contributed by atoms with van der Waals surface area (Å²) in [4.78, 5) is 4.83. The zero-order valence-corrected chi connectivity index (χ0v) is 12.7. The van der Waals surface area contributed by atoms with E-state index in [1.165, 1.54) is 30.1 Å². The molecule has 112 valence electrons. The summed E-state index contributed by atoms with van der Waals surface area (Å²) in [7, 11) is 1.76. The molecule has 1 heterocycles. The molecule has 0 unspecified atom stereocenters. The zero-order valence-electron chi connectivity index (χ0n) is 11.8. The van der Waals surface area contributed by atoms with Crippen LogP contribution in [0.2, 0.25) is 0 Å². The molecule has 1 aromatic carbocycles. The highest BCUT2D eigenvalue weighted by molar-refractivity contribution is 7.99. The predicted octanol–water partition coefficient (Wildman–Crippen LogP) is 3.78. The second-order valence-corrected chi connectivity index (χ2v) is 5.89. The average Bonchev–Trinajstić information content (AvgIpc) is 2.67. The van der Waals surface area contributed by atoms with E-state index < -0.39 is 11.6 Å². The number of aromatic nitrogens is 2. The van der Waals surface area contributed by atoms with Crippen LogP contribution in [0.5, 0.6) is 0 Å². The van der Waals surface area contributed by atoms with Gasteiger partial charge in [-0.05, 0) is 18.1 Å². The van der Waals surface area contributed by atoms with Crippen LogP contribution in [-0.2, 0) is 7.05 Å². The summed E-state index contributed by atoms with van der Waals surface area (Å²) in [5, 5.41) is 12.4. The van der Waals surface area contributed by atoms with Crippen molar-refractivity contribution in [2.75, 3.05) is 0 Å². The number of halogens is 2. The third-order valence-corrected chi connectivity index (χ3v) is 4.02. The molecule has 0 aliphatic carbocycles. The third kappa shape index (κ3) is 3.41. The Morgan fingerprint density at radius 2 is 1.90 bits per heavy atom. The first-order chi connectivity index (χ1) is 9.92. The van der Waals surface area contributed by atoms with Crippen molar-refractivity contribution in [2.24, 2.45) is 12.2 Å². The van der Waals surface area contributed by atoms with Crippen molar-refractivity contribution < 1.29 is 14.0 Å². The Kier molecular flexibility index (Phi) is 4.62. The Morgan fingerprint density at radius 3 is 2.43 bits per heavy atom. The van der Waals surface area contributed by atoms with Gasteiger partial charge in [-0.2, -0.15) is 0 Å². The average molecular weight is 311 g/mol. The molecule has 0 bridgehead atoms. The molecule has 0 aliphatic heterocycles. The molecule has 21 heavy (non-hydrogen) atoms. The van der Waals surface area contributed by atoms with E-state index in [0.29, 0.717) is 10.7 Å². The lowest BCUT2D eigenvalue weighted by molar-refractivity contribution is 0.321. The first-order valence-corrected chi connectivity index (χ1v) is 7.12. The number of nitrogens with zero attached hydrogens (tertiary/aromatic N) is 3. The van der Waals surface area contributed by atoms with Gasteiger partial charge in [-0.25, -0.2) is 13.8 Å². The lowest BCUT2D eigenvalue weighted by atomic mass is 10.2. The number of rotatable bonds is 4. The normalized spacial score (nSPS) is 11.7. The molecular weight excluding hydrogens is 296 g/mol. The summed E-state index contributed by atoms with van der Waals surface area (Å²) in [6, 6.07) is 3.37. The van der Waals surface area contributed by atoms with Crippen LogP contribution in [0.1, 0.15) is 31.3 Å². The number of hydrogen-bond acceptors (Lipinski definition) is 4. The van der Waals surface area contributed by atoms with Crippen LogP contribution in [-0.4, -0.2) is 21.0 Å². The quantitative estimate of drug-likeness (QED) is 0.531. The van der Waals surface area contributed by atoms with E-state index in [2.05, 4.69) is 10.1 Å². The smallest absolute Gasteiger partial charge is 0.155 e. The van der Waals surface area contributed by atoms with Crippen LogP contribution in [0.15, 0.2) is 33.3 Å². The summed E-state index contributed by atoms with van der Waals surface area (Å²) < 4.78 is 28.3. The van der Waals surface area contributed by atoms with Crippen molar-refractivity contribution in [3.63, 3.8) is 0 Å². The summed E-state index contributed by atoms with van der Waals surface area (Å²) in [6.45, 7) is 3.94. The molecular formula is C14H15F2N3OS. The fourth-order valence-corrected chi connectivity index (χ4v) is 3.07. The van der Waals surface area contributed by atoms with E-state index >= 15 is 0 Å². The number of benzene rings is 1. The zero-order chi connectivity index (χ0) is 15.6. The van der Waals surface area contributed by atoms with E-state index in [9.17, 15) is 8.78 Å². The Balaban J connectivity index is 2.47. The minimum atomic E-state index is -0.622. The molecule has 0 saturated carbocycles. The van der Waals surface area contributed by atoms with Gasteiger partial charge in [0.2, 0.25) is 0 Å². The van der Waals surface area contributed by atoms with Crippen molar-refractivity contribution in [3.8, 4) is 0 Å². The third-order valence-electron chi connectivity index (χ3n) is 2.87. The molecule has 0 aliphatic rings. The highest BCUT2D eigenvalue weighted by Gasteiger charge is 2.18. The van der Waals surface area contributed by atoms with Gasteiger partial charge in [0.15, 0.2) is 5.82 Å².